The Labute approximate surface area is 95.7 Å². The van der Waals surface area contributed by atoms with E-state index in [0.29, 0.717) is 12.2 Å². The van der Waals surface area contributed by atoms with Crippen LogP contribution in [0.5, 0.6) is 0 Å². The van der Waals surface area contributed by atoms with Gasteiger partial charge in [-0.3, -0.25) is 4.79 Å². The largest absolute Gasteiger partial charge is 0.469 e. The molecular weight excluding hydrogens is 206 g/mol. The first kappa shape index (κ1) is 12.8. The summed E-state index contributed by atoms with van der Waals surface area (Å²) in [6.45, 7) is 5.54. The standard InChI is InChI=1S/C12H19NO3/c1-9(2)11(14)13-8-12(3,15)7-10-5-4-6-16-10/h4-6,9,15H,7-8H2,1-3H3,(H,13,14). The molecule has 0 radical (unpaired) electrons. The van der Waals surface area contributed by atoms with E-state index in [1.165, 1.54) is 0 Å². The van der Waals surface area contributed by atoms with Gasteiger partial charge in [-0.1, -0.05) is 13.8 Å². The Morgan fingerprint density at radius 2 is 2.31 bits per heavy atom. The number of nitrogens with one attached hydrogen (secondary N) is 1. The number of rotatable bonds is 5. The van der Waals surface area contributed by atoms with Gasteiger partial charge in [-0.15, -0.1) is 0 Å². The highest BCUT2D eigenvalue weighted by molar-refractivity contribution is 5.77. The molecule has 1 aromatic rings. The van der Waals surface area contributed by atoms with Crippen LogP contribution in [0.25, 0.3) is 0 Å². The molecule has 0 aliphatic carbocycles. The van der Waals surface area contributed by atoms with E-state index in [-0.39, 0.29) is 18.4 Å². The van der Waals surface area contributed by atoms with Gasteiger partial charge in [0.05, 0.1) is 11.9 Å². The first-order valence-electron chi connectivity index (χ1n) is 5.43. The van der Waals surface area contributed by atoms with Gasteiger partial charge < -0.3 is 14.8 Å². The number of carbonyl (C=O) groups is 1. The van der Waals surface area contributed by atoms with Gasteiger partial charge in [0.1, 0.15) is 5.76 Å². The Balaban J connectivity index is 2.43. The predicted molar refractivity (Wildman–Crippen MR) is 60.9 cm³/mol. The second kappa shape index (κ2) is 5.16. The zero-order chi connectivity index (χ0) is 12.2. The molecule has 0 aliphatic heterocycles. The van der Waals surface area contributed by atoms with Gasteiger partial charge in [0.25, 0.3) is 0 Å². The molecule has 0 aromatic carbocycles. The van der Waals surface area contributed by atoms with Crippen LogP contribution in [0.3, 0.4) is 0 Å². The Morgan fingerprint density at radius 3 is 2.81 bits per heavy atom. The first-order chi connectivity index (χ1) is 7.41. The normalized spacial score (nSPS) is 14.8. The topological polar surface area (TPSA) is 62.5 Å². The number of amides is 1. The third-order valence-electron chi connectivity index (χ3n) is 2.30. The molecule has 0 spiro atoms. The van der Waals surface area contributed by atoms with Crippen LogP contribution >= 0.6 is 0 Å². The molecule has 90 valence electrons. The Bertz CT molecular complexity index is 328. The van der Waals surface area contributed by atoms with Crippen molar-refractivity contribution in [1.29, 1.82) is 0 Å². The minimum absolute atomic E-state index is 0.0558. The van der Waals surface area contributed by atoms with E-state index in [1.807, 2.05) is 13.8 Å². The molecule has 0 fully saturated rings. The van der Waals surface area contributed by atoms with Crippen LogP contribution in [0.4, 0.5) is 0 Å². The molecule has 1 rings (SSSR count). The lowest BCUT2D eigenvalue weighted by atomic mass is 10.0. The first-order valence-corrected chi connectivity index (χ1v) is 5.43. The van der Waals surface area contributed by atoms with Crippen LogP contribution in [0, 0.1) is 5.92 Å². The maximum Gasteiger partial charge on any atom is 0.222 e. The van der Waals surface area contributed by atoms with E-state index in [2.05, 4.69) is 5.32 Å². The van der Waals surface area contributed by atoms with Gasteiger partial charge in [-0.25, -0.2) is 0 Å². The summed E-state index contributed by atoms with van der Waals surface area (Å²) >= 11 is 0. The molecule has 4 nitrogen and oxygen atoms in total. The lowest BCUT2D eigenvalue weighted by Gasteiger charge is -2.23. The third kappa shape index (κ3) is 4.06. The van der Waals surface area contributed by atoms with Crippen LogP contribution in [-0.2, 0) is 11.2 Å². The second-order valence-corrected chi connectivity index (χ2v) is 4.63. The molecule has 1 amide bonds. The number of hydrogen-bond donors (Lipinski definition) is 2. The molecule has 2 N–H and O–H groups in total. The SMILES string of the molecule is CC(C)C(=O)NCC(C)(O)Cc1ccco1. The fourth-order valence-corrected chi connectivity index (χ4v) is 1.33. The highest BCUT2D eigenvalue weighted by Gasteiger charge is 2.23. The highest BCUT2D eigenvalue weighted by Crippen LogP contribution is 2.12. The maximum absolute atomic E-state index is 11.3. The average Bonchev–Trinajstić information content (AvgIpc) is 2.65. The molecular formula is C12H19NO3. The summed E-state index contributed by atoms with van der Waals surface area (Å²) in [5, 5.41) is 12.7. The van der Waals surface area contributed by atoms with E-state index in [9.17, 15) is 9.90 Å². The van der Waals surface area contributed by atoms with Crippen molar-refractivity contribution in [2.75, 3.05) is 6.54 Å². The molecule has 1 atom stereocenters. The van der Waals surface area contributed by atoms with E-state index >= 15 is 0 Å². The summed E-state index contributed by atoms with van der Waals surface area (Å²) < 4.78 is 5.15. The van der Waals surface area contributed by atoms with Crippen molar-refractivity contribution in [2.45, 2.75) is 32.8 Å². The molecule has 4 heteroatoms. The average molecular weight is 225 g/mol. The summed E-state index contributed by atoms with van der Waals surface area (Å²) in [5.41, 5.74) is -0.984. The Hall–Kier alpha value is -1.29. The molecule has 0 aliphatic rings. The number of hydrogen-bond acceptors (Lipinski definition) is 3. The summed E-state index contributed by atoms with van der Waals surface area (Å²) in [5.74, 6) is 0.586. The number of carbonyl (C=O) groups excluding carboxylic acids is 1. The quantitative estimate of drug-likeness (QED) is 0.795. The van der Waals surface area contributed by atoms with Crippen molar-refractivity contribution >= 4 is 5.91 Å². The van der Waals surface area contributed by atoms with Crippen LogP contribution in [-0.4, -0.2) is 23.2 Å². The van der Waals surface area contributed by atoms with Gasteiger partial charge in [-0.05, 0) is 19.1 Å². The van der Waals surface area contributed by atoms with Gasteiger partial charge in [0.15, 0.2) is 0 Å². The molecule has 0 saturated heterocycles. The van der Waals surface area contributed by atoms with Gasteiger partial charge >= 0.3 is 0 Å². The molecule has 1 aromatic heterocycles. The van der Waals surface area contributed by atoms with Crippen molar-refractivity contribution in [3.63, 3.8) is 0 Å². The predicted octanol–water partition coefficient (Wildman–Crippen LogP) is 1.35. The van der Waals surface area contributed by atoms with Crippen LogP contribution in [0.1, 0.15) is 26.5 Å². The lowest BCUT2D eigenvalue weighted by Crippen LogP contribution is -2.43. The zero-order valence-corrected chi connectivity index (χ0v) is 9.99. The van der Waals surface area contributed by atoms with Crippen molar-refractivity contribution < 1.29 is 14.3 Å². The monoisotopic (exact) mass is 225 g/mol. The Morgan fingerprint density at radius 1 is 1.62 bits per heavy atom. The smallest absolute Gasteiger partial charge is 0.222 e. The summed E-state index contributed by atoms with van der Waals surface area (Å²) in [6.07, 6.45) is 1.95. The zero-order valence-electron chi connectivity index (χ0n) is 9.99. The maximum atomic E-state index is 11.3. The van der Waals surface area contributed by atoms with Gasteiger partial charge in [0, 0.05) is 18.9 Å². The van der Waals surface area contributed by atoms with E-state index in [4.69, 9.17) is 4.42 Å². The minimum Gasteiger partial charge on any atom is -0.469 e. The molecule has 16 heavy (non-hydrogen) atoms. The minimum atomic E-state index is -0.984. The summed E-state index contributed by atoms with van der Waals surface area (Å²) in [7, 11) is 0. The van der Waals surface area contributed by atoms with Crippen LogP contribution < -0.4 is 5.32 Å². The van der Waals surface area contributed by atoms with Gasteiger partial charge in [-0.2, -0.15) is 0 Å². The van der Waals surface area contributed by atoms with E-state index in [1.54, 1.807) is 25.3 Å². The van der Waals surface area contributed by atoms with Crippen LogP contribution in [0.2, 0.25) is 0 Å². The molecule has 1 unspecified atom stereocenters. The van der Waals surface area contributed by atoms with Crippen LogP contribution in [0.15, 0.2) is 22.8 Å². The third-order valence-corrected chi connectivity index (χ3v) is 2.30. The lowest BCUT2D eigenvalue weighted by molar-refractivity contribution is -0.125. The van der Waals surface area contributed by atoms with Crippen molar-refractivity contribution in [3.8, 4) is 0 Å². The van der Waals surface area contributed by atoms with E-state index in [0.717, 1.165) is 0 Å². The van der Waals surface area contributed by atoms with Crippen molar-refractivity contribution in [1.82, 2.24) is 5.32 Å². The number of furan rings is 1. The summed E-state index contributed by atoms with van der Waals surface area (Å²) in [6, 6.07) is 3.58. The highest BCUT2D eigenvalue weighted by atomic mass is 16.3. The van der Waals surface area contributed by atoms with Crippen molar-refractivity contribution in [2.24, 2.45) is 5.92 Å². The van der Waals surface area contributed by atoms with E-state index < -0.39 is 5.60 Å². The number of aliphatic hydroxyl groups is 1. The molecule has 0 bridgehead atoms. The molecule has 1 heterocycles. The fourth-order valence-electron chi connectivity index (χ4n) is 1.33. The molecule has 0 saturated carbocycles. The Kier molecular flexibility index (Phi) is 4.12. The van der Waals surface area contributed by atoms with Crippen molar-refractivity contribution in [3.05, 3.63) is 24.2 Å². The van der Waals surface area contributed by atoms with Gasteiger partial charge in [0.2, 0.25) is 5.91 Å². The summed E-state index contributed by atoms with van der Waals surface area (Å²) in [4.78, 5) is 11.3. The fraction of sp³-hybridized carbons (Fsp3) is 0.583. The second-order valence-electron chi connectivity index (χ2n) is 4.63.